The molecular formula is C33H30O10S2. The van der Waals surface area contributed by atoms with Crippen molar-refractivity contribution in [3.8, 4) is 11.5 Å². The fraction of sp³-hybridized carbons (Fsp3) is 0.455. The fourth-order valence-corrected chi connectivity index (χ4v) is 9.94. The molecule has 0 radical (unpaired) electrons. The van der Waals surface area contributed by atoms with Crippen molar-refractivity contribution in [3.05, 3.63) is 72.8 Å². The van der Waals surface area contributed by atoms with Crippen molar-refractivity contribution < 1.29 is 47.5 Å². The molecule has 10 atom stereocenters. The minimum Gasteiger partial charge on any atom is -0.459 e. The molecule has 0 N–H and O–H groups in total. The molecule has 2 aromatic rings. The lowest BCUT2D eigenvalue weighted by Crippen LogP contribution is -2.67. The van der Waals surface area contributed by atoms with Gasteiger partial charge in [-0.1, -0.05) is 48.6 Å². The molecule has 0 bridgehead atoms. The molecule has 0 amide bonds. The number of hydrogen-bond acceptors (Lipinski definition) is 12. The first kappa shape index (κ1) is 28.9. The van der Waals surface area contributed by atoms with Crippen molar-refractivity contribution in [2.75, 3.05) is 6.61 Å². The number of esters is 2. The molecule has 12 heteroatoms. The van der Waals surface area contributed by atoms with E-state index in [-0.39, 0.29) is 29.4 Å². The van der Waals surface area contributed by atoms with Gasteiger partial charge in [0.15, 0.2) is 6.29 Å². The number of rotatable bonds is 5. The molecule has 6 unspecified atom stereocenters. The highest BCUT2D eigenvalue weighted by molar-refractivity contribution is 7.80. The summed E-state index contributed by atoms with van der Waals surface area (Å²) in [6.07, 6.45) is -2.63. The van der Waals surface area contributed by atoms with Crippen LogP contribution in [0.4, 0.5) is 0 Å². The van der Waals surface area contributed by atoms with Gasteiger partial charge in [-0.05, 0) is 50.5 Å². The second-order valence-corrected chi connectivity index (χ2v) is 13.2. The molecule has 6 aliphatic rings. The maximum atomic E-state index is 14.4. The van der Waals surface area contributed by atoms with Gasteiger partial charge in [-0.2, -0.15) is 0 Å². The largest absolute Gasteiger partial charge is 0.459 e. The van der Waals surface area contributed by atoms with Crippen LogP contribution in [-0.2, 0) is 38.0 Å². The Kier molecular flexibility index (Phi) is 6.23. The predicted molar refractivity (Wildman–Crippen MR) is 163 cm³/mol. The van der Waals surface area contributed by atoms with E-state index in [0.717, 1.165) is 5.57 Å². The molecule has 0 aromatic heterocycles. The maximum absolute atomic E-state index is 14.4. The summed E-state index contributed by atoms with van der Waals surface area (Å²) in [5, 5.41) is -0.386. The molecule has 4 aliphatic heterocycles. The quantitative estimate of drug-likeness (QED) is 0.259. The topological polar surface area (TPSA) is 108 Å². The van der Waals surface area contributed by atoms with Crippen LogP contribution in [0.25, 0.3) is 0 Å². The summed E-state index contributed by atoms with van der Waals surface area (Å²) < 4.78 is 50.1. The van der Waals surface area contributed by atoms with Crippen molar-refractivity contribution in [1.29, 1.82) is 0 Å². The molecule has 10 nitrogen and oxygen atoms in total. The van der Waals surface area contributed by atoms with Crippen LogP contribution in [0.15, 0.2) is 72.8 Å². The Morgan fingerprint density at radius 2 is 1.58 bits per heavy atom. The van der Waals surface area contributed by atoms with Gasteiger partial charge in [-0.25, -0.2) is 4.79 Å². The number of benzene rings is 2. The van der Waals surface area contributed by atoms with Crippen LogP contribution in [0.5, 0.6) is 11.5 Å². The van der Waals surface area contributed by atoms with Gasteiger partial charge in [-0.15, -0.1) is 0 Å². The number of allylic oxidation sites excluding steroid dienone is 1. The third-order valence-corrected chi connectivity index (χ3v) is 11.2. The Morgan fingerprint density at radius 1 is 0.933 bits per heavy atom. The van der Waals surface area contributed by atoms with Crippen LogP contribution in [0.1, 0.15) is 26.7 Å². The third-order valence-electron chi connectivity index (χ3n) is 10.9. The zero-order chi connectivity index (χ0) is 31.4. The molecule has 4 heterocycles. The van der Waals surface area contributed by atoms with Crippen molar-refractivity contribution in [2.24, 2.45) is 22.7 Å². The minimum atomic E-state index is -1.86. The Balaban J connectivity index is 1.25. The molecule has 2 aliphatic carbocycles. The second kappa shape index (κ2) is 9.71. The summed E-state index contributed by atoms with van der Waals surface area (Å²) in [4.78, 5) is 27.7. The number of ether oxygens (including phenoxy) is 8. The van der Waals surface area contributed by atoms with Crippen molar-refractivity contribution in [3.63, 3.8) is 0 Å². The van der Waals surface area contributed by atoms with Gasteiger partial charge in [0.05, 0.1) is 17.4 Å². The summed E-state index contributed by atoms with van der Waals surface area (Å²) in [6, 6.07) is 17.9. The predicted octanol–water partition coefficient (Wildman–Crippen LogP) is 4.44. The van der Waals surface area contributed by atoms with E-state index in [1.165, 1.54) is 0 Å². The van der Waals surface area contributed by atoms with Gasteiger partial charge in [0.1, 0.15) is 35.7 Å². The molecule has 8 rings (SSSR count). The van der Waals surface area contributed by atoms with E-state index in [4.69, 9.17) is 62.3 Å². The summed E-state index contributed by atoms with van der Waals surface area (Å²) in [6.45, 7) is 8.01. The van der Waals surface area contributed by atoms with Gasteiger partial charge in [0, 0.05) is 30.9 Å². The van der Waals surface area contributed by atoms with Gasteiger partial charge in [0.25, 0.3) is 0 Å². The molecule has 2 spiro atoms. The number of hydrogen-bond donors (Lipinski definition) is 0. The highest BCUT2D eigenvalue weighted by atomic mass is 32.1. The zero-order valence-electron chi connectivity index (χ0n) is 24.5. The van der Waals surface area contributed by atoms with E-state index in [1.54, 1.807) is 43.3 Å². The standard InChI is InChI=1S/C33H30O10S2/c1-17(2)21-14-22-30-15-23-32(18(3)25(34)39-23,43-29(45)38-20-12-8-5-9-13-20)33(30,26(35)40-22)42-27-31(21,30)24(16-36-27)41-28(44)37-19-10-6-4-7-11-19/h4-13,18,21-24,27H,1,14-16H2,2-3H3/t18-,21+,22?,23?,24+,27?,30?,31?,32-,33?/m1/s1. The third kappa shape index (κ3) is 3.35. The zero-order valence-corrected chi connectivity index (χ0v) is 26.1. The van der Waals surface area contributed by atoms with Gasteiger partial charge in [-0.3, -0.25) is 4.79 Å². The molecule has 6 fully saturated rings. The molecular weight excluding hydrogens is 620 g/mol. The minimum absolute atomic E-state index is 0.103. The van der Waals surface area contributed by atoms with Crippen LogP contribution < -0.4 is 9.47 Å². The summed E-state index contributed by atoms with van der Waals surface area (Å²) in [5.41, 5.74) is -4.90. The van der Waals surface area contributed by atoms with Crippen molar-refractivity contribution >= 4 is 46.8 Å². The summed E-state index contributed by atoms with van der Waals surface area (Å²) in [5.74, 6) is -1.52. The van der Waals surface area contributed by atoms with Gasteiger partial charge < -0.3 is 37.9 Å². The first-order chi connectivity index (χ1) is 21.6. The Bertz CT molecular complexity index is 1630. The Hall–Kier alpha value is -3.58. The second-order valence-electron chi connectivity index (χ2n) is 12.6. The van der Waals surface area contributed by atoms with E-state index >= 15 is 0 Å². The molecule has 45 heavy (non-hydrogen) atoms. The maximum Gasteiger partial charge on any atom is 0.358 e. The molecule has 2 aromatic carbocycles. The lowest BCUT2D eigenvalue weighted by atomic mass is 9.53. The smallest absolute Gasteiger partial charge is 0.358 e. The average Bonchev–Trinajstić information content (AvgIpc) is 3.75. The van der Waals surface area contributed by atoms with Crippen molar-refractivity contribution in [2.45, 2.75) is 62.5 Å². The normalized spacial score (nSPS) is 41.3. The van der Waals surface area contributed by atoms with Crippen LogP contribution in [-0.4, -0.2) is 64.8 Å². The van der Waals surface area contributed by atoms with E-state index in [0.29, 0.717) is 17.9 Å². The average molecular weight is 651 g/mol. The number of fused-ring (bicyclic) bond motifs is 1. The first-order valence-corrected chi connectivity index (χ1v) is 15.7. The van der Waals surface area contributed by atoms with E-state index in [1.807, 2.05) is 31.2 Å². The SMILES string of the molecule is C=C(C)[C@@H]1CC2OC(=O)C34OC5OC[C@H](OC(=S)Oc6ccccc6)C51C23CC1OC(=O)[C@@H](C)[C@@]14OC(=S)Oc1ccccc1. The highest BCUT2D eigenvalue weighted by Crippen LogP contribution is 2.84. The molecule has 2 saturated carbocycles. The van der Waals surface area contributed by atoms with Crippen LogP contribution >= 0.6 is 24.4 Å². The summed E-state index contributed by atoms with van der Waals surface area (Å²) in [7, 11) is 0. The van der Waals surface area contributed by atoms with E-state index in [2.05, 4.69) is 6.58 Å². The van der Waals surface area contributed by atoms with Crippen LogP contribution in [0.2, 0.25) is 0 Å². The monoisotopic (exact) mass is 650 g/mol. The lowest BCUT2D eigenvalue weighted by Gasteiger charge is -2.46. The highest BCUT2D eigenvalue weighted by Gasteiger charge is 3.01. The fourth-order valence-electron chi connectivity index (χ4n) is 9.50. The first-order valence-electron chi connectivity index (χ1n) is 14.9. The van der Waals surface area contributed by atoms with Crippen LogP contribution in [0.3, 0.4) is 0 Å². The van der Waals surface area contributed by atoms with Gasteiger partial charge in [0.2, 0.25) is 11.2 Å². The van der Waals surface area contributed by atoms with Gasteiger partial charge >= 0.3 is 22.4 Å². The number of carbonyl (C=O) groups excluding carboxylic acids is 2. The van der Waals surface area contributed by atoms with Crippen LogP contribution in [0, 0.1) is 22.7 Å². The molecule has 4 saturated heterocycles. The van der Waals surface area contributed by atoms with Crippen molar-refractivity contribution in [1.82, 2.24) is 0 Å². The van der Waals surface area contributed by atoms with E-state index < -0.39 is 64.5 Å². The number of carbonyl (C=O) groups is 2. The number of thiocarbonyl (C=S) groups is 2. The Morgan fingerprint density at radius 3 is 2.22 bits per heavy atom. The number of para-hydroxylation sites is 2. The lowest BCUT2D eigenvalue weighted by molar-refractivity contribution is -0.236. The Labute approximate surface area is 269 Å². The van der Waals surface area contributed by atoms with E-state index in [9.17, 15) is 9.59 Å². The molecule has 234 valence electrons. The summed E-state index contributed by atoms with van der Waals surface area (Å²) >= 11 is 11.2.